The largest absolute Gasteiger partial charge is 0.490 e. The van der Waals surface area contributed by atoms with Gasteiger partial charge in [0.25, 0.3) is 0 Å². The average Bonchev–Trinajstić information content (AvgIpc) is 3.26. The van der Waals surface area contributed by atoms with Gasteiger partial charge in [-0.3, -0.25) is 14.4 Å². The van der Waals surface area contributed by atoms with Gasteiger partial charge in [0.05, 0.1) is 18.7 Å². The summed E-state index contributed by atoms with van der Waals surface area (Å²) >= 11 is 0. The molecule has 0 bridgehead atoms. The first kappa shape index (κ1) is 22.9. The van der Waals surface area contributed by atoms with E-state index in [1.165, 1.54) is 19.1 Å². The normalized spacial score (nSPS) is 17.6. The average molecular weight is 454 g/mol. The van der Waals surface area contributed by atoms with Gasteiger partial charge in [0.15, 0.2) is 5.78 Å². The van der Waals surface area contributed by atoms with Crippen LogP contribution in [0.2, 0.25) is 0 Å². The lowest BCUT2D eigenvalue weighted by Gasteiger charge is -2.33. The molecule has 1 saturated heterocycles. The molecule has 7 nitrogen and oxygen atoms in total. The Balaban J connectivity index is 1.28. The third-order valence-electron chi connectivity index (χ3n) is 5.98. The van der Waals surface area contributed by atoms with Gasteiger partial charge in [-0.15, -0.1) is 0 Å². The van der Waals surface area contributed by atoms with Gasteiger partial charge in [-0.25, -0.2) is 4.39 Å². The number of nitrogens with zero attached hydrogens (tertiary/aromatic N) is 2. The summed E-state index contributed by atoms with van der Waals surface area (Å²) in [4.78, 5) is 40.6. The van der Waals surface area contributed by atoms with Crippen LogP contribution in [0.4, 0.5) is 10.1 Å². The summed E-state index contributed by atoms with van der Waals surface area (Å²) in [7, 11) is 0. The highest BCUT2D eigenvalue weighted by Gasteiger charge is 2.28. The molecule has 2 aliphatic heterocycles. The van der Waals surface area contributed by atoms with E-state index in [0.717, 1.165) is 23.7 Å². The van der Waals surface area contributed by atoms with Gasteiger partial charge in [-0.1, -0.05) is 18.2 Å². The van der Waals surface area contributed by atoms with Crippen molar-refractivity contribution in [2.45, 2.75) is 32.3 Å². The van der Waals surface area contributed by atoms with Crippen LogP contribution in [0.1, 0.15) is 35.7 Å². The number of Topliss-reactive ketones (excluding diaryl/α,β-unsaturated/α-hetero) is 1. The third kappa shape index (κ3) is 5.39. The second-order valence-electron chi connectivity index (χ2n) is 8.26. The molecular weight excluding hydrogens is 427 g/mol. The Morgan fingerprint density at radius 1 is 1.09 bits per heavy atom. The van der Waals surface area contributed by atoms with Gasteiger partial charge < -0.3 is 19.3 Å². The number of rotatable bonds is 7. The Morgan fingerprint density at radius 3 is 2.70 bits per heavy atom. The van der Waals surface area contributed by atoms with Gasteiger partial charge in [-0.05, 0) is 43.2 Å². The number of hydrogen-bond acceptors (Lipinski definition) is 5. The summed E-state index contributed by atoms with van der Waals surface area (Å²) in [5.74, 6) is -0.668. The standard InChI is InChI=1S/C25H27FN2O5/c1-17(29)21-14-19(26)6-7-23(21)33-16-20-15-27(12-13-32-20)24(30)8-9-25(31)28-11-10-18-4-2-3-5-22(18)28/h2-7,14,20H,8-13,15-16H2,1H3. The molecule has 2 heterocycles. The molecule has 0 spiro atoms. The van der Waals surface area contributed by atoms with Crippen molar-refractivity contribution in [2.24, 2.45) is 0 Å². The molecule has 174 valence electrons. The van der Waals surface area contributed by atoms with Crippen molar-refractivity contribution in [3.05, 3.63) is 59.4 Å². The first-order chi connectivity index (χ1) is 15.9. The van der Waals surface area contributed by atoms with E-state index in [1.54, 1.807) is 9.80 Å². The van der Waals surface area contributed by atoms with Crippen LogP contribution >= 0.6 is 0 Å². The van der Waals surface area contributed by atoms with Crippen molar-refractivity contribution in [1.29, 1.82) is 0 Å². The molecule has 2 aromatic rings. The van der Waals surface area contributed by atoms with E-state index >= 15 is 0 Å². The van der Waals surface area contributed by atoms with Gasteiger partial charge in [0.2, 0.25) is 11.8 Å². The Morgan fingerprint density at radius 2 is 1.88 bits per heavy atom. The van der Waals surface area contributed by atoms with Crippen LogP contribution < -0.4 is 9.64 Å². The number of benzene rings is 2. The molecule has 1 fully saturated rings. The fourth-order valence-electron chi connectivity index (χ4n) is 4.24. The molecule has 0 aliphatic carbocycles. The Hall–Kier alpha value is -3.26. The van der Waals surface area contributed by atoms with Crippen LogP contribution in [-0.4, -0.2) is 61.4 Å². The van der Waals surface area contributed by atoms with Crippen LogP contribution in [0.5, 0.6) is 5.75 Å². The molecule has 8 heteroatoms. The molecule has 1 atom stereocenters. The maximum Gasteiger partial charge on any atom is 0.227 e. The van der Waals surface area contributed by atoms with E-state index in [2.05, 4.69) is 0 Å². The molecule has 0 saturated carbocycles. The lowest BCUT2D eigenvalue weighted by molar-refractivity contribution is -0.141. The van der Waals surface area contributed by atoms with Crippen molar-refractivity contribution in [1.82, 2.24) is 4.90 Å². The number of anilines is 1. The number of para-hydroxylation sites is 1. The van der Waals surface area contributed by atoms with Crippen LogP contribution in [0.25, 0.3) is 0 Å². The fraction of sp³-hybridized carbons (Fsp3) is 0.400. The maximum absolute atomic E-state index is 13.4. The van der Waals surface area contributed by atoms with Gasteiger partial charge >= 0.3 is 0 Å². The Labute approximate surface area is 192 Å². The molecule has 1 unspecified atom stereocenters. The highest BCUT2D eigenvalue weighted by molar-refractivity contribution is 5.97. The molecule has 0 N–H and O–H groups in total. The smallest absolute Gasteiger partial charge is 0.227 e. The second-order valence-corrected chi connectivity index (χ2v) is 8.26. The topological polar surface area (TPSA) is 76.2 Å². The summed E-state index contributed by atoms with van der Waals surface area (Å²) in [6.45, 7) is 3.26. The lowest BCUT2D eigenvalue weighted by atomic mass is 10.1. The van der Waals surface area contributed by atoms with E-state index in [0.29, 0.717) is 26.2 Å². The summed E-state index contributed by atoms with van der Waals surface area (Å²) in [6.07, 6.45) is 0.745. The minimum atomic E-state index is -0.509. The lowest BCUT2D eigenvalue weighted by Crippen LogP contribution is -2.47. The number of carbonyl (C=O) groups excluding carboxylic acids is 3. The van der Waals surface area contributed by atoms with Crippen molar-refractivity contribution in [2.75, 3.05) is 37.7 Å². The van der Waals surface area contributed by atoms with Crippen LogP contribution in [0.15, 0.2) is 42.5 Å². The molecule has 2 amide bonds. The molecule has 2 aliphatic rings. The van der Waals surface area contributed by atoms with E-state index in [4.69, 9.17) is 9.47 Å². The van der Waals surface area contributed by atoms with E-state index in [-0.39, 0.29) is 54.5 Å². The molecule has 2 aromatic carbocycles. The van der Waals surface area contributed by atoms with Crippen LogP contribution in [0.3, 0.4) is 0 Å². The molecule has 0 radical (unpaired) electrons. The summed E-state index contributed by atoms with van der Waals surface area (Å²) in [5.41, 5.74) is 2.26. The molecule has 4 rings (SSSR count). The highest BCUT2D eigenvalue weighted by Crippen LogP contribution is 2.28. The van der Waals surface area contributed by atoms with Gasteiger partial charge in [-0.2, -0.15) is 0 Å². The number of hydrogen-bond donors (Lipinski definition) is 0. The zero-order valence-electron chi connectivity index (χ0n) is 18.6. The fourth-order valence-corrected chi connectivity index (χ4v) is 4.24. The van der Waals surface area contributed by atoms with E-state index in [9.17, 15) is 18.8 Å². The van der Waals surface area contributed by atoms with Gasteiger partial charge in [0.1, 0.15) is 24.3 Å². The third-order valence-corrected chi connectivity index (χ3v) is 5.98. The summed E-state index contributed by atoms with van der Waals surface area (Å²) < 4.78 is 24.8. The minimum absolute atomic E-state index is 0.0467. The maximum atomic E-state index is 13.4. The van der Waals surface area contributed by atoms with E-state index < -0.39 is 5.82 Å². The zero-order valence-corrected chi connectivity index (χ0v) is 18.6. The highest BCUT2D eigenvalue weighted by atomic mass is 19.1. The predicted octanol–water partition coefficient (Wildman–Crippen LogP) is 3.00. The van der Waals surface area contributed by atoms with Crippen molar-refractivity contribution < 1.29 is 28.2 Å². The number of fused-ring (bicyclic) bond motifs is 1. The van der Waals surface area contributed by atoms with Crippen LogP contribution in [-0.2, 0) is 20.7 Å². The first-order valence-corrected chi connectivity index (χ1v) is 11.1. The quantitative estimate of drug-likeness (QED) is 0.602. The number of morpholine rings is 1. The van der Waals surface area contributed by atoms with Crippen molar-refractivity contribution >= 4 is 23.3 Å². The first-order valence-electron chi connectivity index (χ1n) is 11.1. The van der Waals surface area contributed by atoms with E-state index in [1.807, 2.05) is 24.3 Å². The van der Waals surface area contributed by atoms with Crippen molar-refractivity contribution in [3.8, 4) is 5.75 Å². The number of carbonyl (C=O) groups is 3. The minimum Gasteiger partial charge on any atom is -0.490 e. The number of ether oxygens (including phenoxy) is 2. The van der Waals surface area contributed by atoms with Crippen molar-refractivity contribution in [3.63, 3.8) is 0 Å². The number of ketones is 1. The Bertz CT molecular complexity index is 1060. The zero-order chi connectivity index (χ0) is 23.4. The predicted molar refractivity (Wildman–Crippen MR) is 120 cm³/mol. The monoisotopic (exact) mass is 454 g/mol. The second kappa shape index (κ2) is 10.1. The summed E-state index contributed by atoms with van der Waals surface area (Å²) in [5, 5.41) is 0. The molecule has 33 heavy (non-hydrogen) atoms. The molecule has 0 aromatic heterocycles. The molecular formula is C25H27FN2O5. The number of amides is 2. The summed E-state index contributed by atoms with van der Waals surface area (Å²) in [6, 6.07) is 11.6. The van der Waals surface area contributed by atoms with Gasteiger partial charge in [0, 0.05) is 31.6 Å². The SMILES string of the molecule is CC(=O)c1cc(F)ccc1OCC1CN(C(=O)CCC(=O)N2CCc3ccccc32)CCO1. The van der Waals surface area contributed by atoms with Crippen LogP contribution in [0, 0.1) is 5.82 Å². The Kier molecular flexibility index (Phi) is 7.03. The number of halogens is 1.